The van der Waals surface area contributed by atoms with E-state index in [-0.39, 0.29) is 50.5 Å². The molecule has 1 saturated heterocycles. The van der Waals surface area contributed by atoms with E-state index < -0.39 is 23.4 Å². The fourth-order valence-electron chi connectivity index (χ4n) is 2.20. The third-order valence-corrected chi connectivity index (χ3v) is 3.82. The van der Waals surface area contributed by atoms with Gasteiger partial charge < -0.3 is 20.5 Å². The van der Waals surface area contributed by atoms with Gasteiger partial charge in [-0.3, -0.25) is 19.2 Å². The summed E-state index contributed by atoms with van der Waals surface area (Å²) in [6, 6.07) is 0. The van der Waals surface area contributed by atoms with Crippen molar-refractivity contribution >= 4 is 23.6 Å². The molecule has 1 fully saturated rings. The van der Waals surface area contributed by atoms with Crippen molar-refractivity contribution in [2.24, 2.45) is 5.41 Å². The summed E-state index contributed by atoms with van der Waals surface area (Å²) in [7, 11) is 0. The van der Waals surface area contributed by atoms with Crippen LogP contribution in [0.4, 0.5) is 0 Å². The van der Waals surface area contributed by atoms with Crippen LogP contribution >= 0.6 is 0 Å². The van der Waals surface area contributed by atoms with Gasteiger partial charge >= 0.3 is 5.97 Å². The third kappa shape index (κ3) is 6.66. The van der Waals surface area contributed by atoms with E-state index in [0.717, 1.165) is 0 Å². The molecule has 0 aromatic rings. The molecule has 0 aliphatic carbocycles. The molecule has 0 aromatic carbocycles. The highest BCUT2D eigenvalue weighted by Gasteiger charge is 2.38. The number of amides is 2. The highest BCUT2D eigenvalue weighted by atomic mass is 16.5. The van der Waals surface area contributed by atoms with Gasteiger partial charge in [-0.2, -0.15) is 0 Å². The van der Waals surface area contributed by atoms with Gasteiger partial charge in [0.15, 0.2) is 6.10 Å². The molecular formula is C16H26N2O6. The second-order valence-electron chi connectivity index (χ2n) is 6.55. The minimum atomic E-state index is -1.20. The molecule has 0 bridgehead atoms. The van der Waals surface area contributed by atoms with E-state index in [1.165, 1.54) is 0 Å². The lowest BCUT2D eigenvalue weighted by atomic mass is 9.86. The van der Waals surface area contributed by atoms with Crippen LogP contribution < -0.4 is 10.6 Å². The van der Waals surface area contributed by atoms with Crippen LogP contribution in [-0.2, 0) is 23.9 Å². The number of carbonyl (C=O) groups is 4. The van der Waals surface area contributed by atoms with Gasteiger partial charge in [0.2, 0.25) is 5.91 Å². The summed E-state index contributed by atoms with van der Waals surface area (Å²) in [4.78, 5) is 47.5. The van der Waals surface area contributed by atoms with Crippen LogP contribution in [0, 0.1) is 5.41 Å². The van der Waals surface area contributed by atoms with Crippen LogP contribution in [0.15, 0.2) is 0 Å². The number of Topliss-reactive ketones (excluding diaryl/α,β-unsaturated/α-hetero) is 1. The van der Waals surface area contributed by atoms with Crippen molar-refractivity contribution in [1.82, 2.24) is 10.6 Å². The molecule has 0 saturated carbocycles. The van der Waals surface area contributed by atoms with Crippen LogP contribution in [0.1, 0.15) is 46.0 Å². The maximum atomic E-state index is 12.3. The average Bonchev–Trinajstić information content (AvgIpc) is 2.53. The zero-order valence-electron chi connectivity index (χ0n) is 14.2. The molecule has 0 radical (unpaired) electrons. The SMILES string of the molecule is CC(C)(CO)[C@H]1OC(=O)CCC(=O)CCCNC(=O)CCNC1=O. The standard InChI is InChI=1S/C16H26N2O6/c1-16(2,10-19)14-15(23)18-9-7-12(21)17-8-3-4-11(20)5-6-13(22)24-14/h14,19H,3-10H2,1-2H3,(H,17,21)(H,18,23)/t14-/m0/s1. The Bertz CT molecular complexity index is 489. The summed E-state index contributed by atoms with van der Waals surface area (Å²) < 4.78 is 5.21. The van der Waals surface area contributed by atoms with Crippen molar-refractivity contribution < 1.29 is 29.0 Å². The Hall–Kier alpha value is -1.96. The number of ether oxygens (including phenoxy) is 1. The molecule has 1 atom stereocenters. The number of hydrogen-bond acceptors (Lipinski definition) is 6. The molecule has 0 spiro atoms. The number of rotatable bonds is 2. The second kappa shape index (κ2) is 9.36. The summed E-state index contributed by atoms with van der Waals surface area (Å²) in [5, 5.41) is 14.7. The number of esters is 1. The van der Waals surface area contributed by atoms with Crippen LogP contribution in [0.3, 0.4) is 0 Å². The normalized spacial score (nSPS) is 22.7. The van der Waals surface area contributed by atoms with Gasteiger partial charge in [0, 0.05) is 37.8 Å². The molecule has 136 valence electrons. The Morgan fingerprint density at radius 2 is 1.75 bits per heavy atom. The molecule has 8 nitrogen and oxygen atoms in total. The van der Waals surface area contributed by atoms with E-state index >= 15 is 0 Å². The minimum Gasteiger partial charge on any atom is -0.452 e. The maximum absolute atomic E-state index is 12.3. The van der Waals surface area contributed by atoms with E-state index in [0.29, 0.717) is 13.0 Å². The molecular weight excluding hydrogens is 316 g/mol. The summed E-state index contributed by atoms with van der Waals surface area (Å²) in [6.07, 6.45) is -0.419. The summed E-state index contributed by atoms with van der Waals surface area (Å²) in [5.41, 5.74) is -0.986. The zero-order valence-corrected chi connectivity index (χ0v) is 14.2. The van der Waals surface area contributed by atoms with Gasteiger partial charge in [-0.1, -0.05) is 13.8 Å². The average molecular weight is 342 g/mol. The lowest BCUT2D eigenvalue weighted by Crippen LogP contribution is -2.48. The van der Waals surface area contributed by atoms with Crippen LogP contribution in [0.25, 0.3) is 0 Å². The maximum Gasteiger partial charge on any atom is 0.307 e. The number of ketones is 1. The Kier molecular flexibility index (Phi) is 7.84. The first kappa shape index (κ1) is 20.1. The molecule has 3 N–H and O–H groups in total. The molecule has 24 heavy (non-hydrogen) atoms. The van der Waals surface area contributed by atoms with Gasteiger partial charge in [0.1, 0.15) is 5.78 Å². The van der Waals surface area contributed by atoms with E-state index in [2.05, 4.69) is 10.6 Å². The summed E-state index contributed by atoms with van der Waals surface area (Å²) in [5.74, 6) is -1.56. The predicted octanol–water partition coefficient (Wildman–Crippen LogP) is -0.318. The number of aliphatic hydroxyl groups is 1. The van der Waals surface area contributed by atoms with Crippen molar-refractivity contribution in [3.05, 3.63) is 0 Å². The van der Waals surface area contributed by atoms with E-state index in [1.54, 1.807) is 13.8 Å². The highest BCUT2D eigenvalue weighted by Crippen LogP contribution is 2.23. The van der Waals surface area contributed by atoms with Gasteiger partial charge in [-0.25, -0.2) is 0 Å². The van der Waals surface area contributed by atoms with Crippen LogP contribution in [-0.4, -0.2) is 54.5 Å². The van der Waals surface area contributed by atoms with Gasteiger partial charge in [0.05, 0.1) is 13.0 Å². The first-order valence-corrected chi connectivity index (χ1v) is 8.12. The molecule has 1 heterocycles. The monoisotopic (exact) mass is 342 g/mol. The minimum absolute atomic E-state index is 0.0284. The van der Waals surface area contributed by atoms with Crippen molar-refractivity contribution in [2.75, 3.05) is 19.7 Å². The Balaban J connectivity index is 2.84. The van der Waals surface area contributed by atoms with E-state index in [1.807, 2.05) is 0 Å². The van der Waals surface area contributed by atoms with Crippen LogP contribution in [0.2, 0.25) is 0 Å². The third-order valence-electron chi connectivity index (χ3n) is 3.82. The van der Waals surface area contributed by atoms with Gasteiger partial charge in [-0.05, 0) is 6.42 Å². The molecule has 8 heteroatoms. The lowest BCUT2D eigenvalue weighted by molar-refractivity contribution is -0.165. The summed E-state index contributed by atoms with van der Waals surface area (Å²) >= 11 is 0. The number of nitrogens with one attached hydrogen (secondary N) is 2. The largest absolute Gasteiger partial charge is 0.452 e. The molecule has 2 amide bonds. The van der Waals surface area contributed by atoms with Gasteiger partial charge in [-0.15, -0.1) is 0 Å². The Labute approximate surface area is 141 Å². The number of carbonyl (C=O) groups excluding carboxylic acids is 4. The summed E-state index contributed by atoms with van der Waals surface area (Å²) in [6.45, 7) is 3.30. The van der Waals surface area contributed by atoms with E-state index in [9.17, 15) is 24.3 Å². The quantitative estimate of drug-likeness (QED) is 0.591. The predicted molar refractivity (Wildman–Crippen MR) is 84.9 cm³/mol. The van der Waals surface area contributed by atoms with Crippen molar-refractivity contribution in [3.8, 4) is 0 Å². The van der Waals surface area contributed by atoms with Gasteiger partial charge in [0.25, 0.3) is 5.91 Å². The highest BCUT2D eigenvalue weighted by molar-refractivity contribution is 5.87. The molecule has 1 aliphatic rings. The molecule has 1 rings (SSSR count). The lowest BCUT2D eigenvalue weighted by Gasteiger charge is -2.31. The fourth-order valence-corrected chi connectivity index (χ4v) is 2.20. The number of cyclic esters (lactones) is 1. The number of aliphatic hydroxyl groups excluding tert-OH is 1. The van der Waals surface area contributed by atoms with Crippen molar-refractivity contribution in [2.45, 2.75) is 52.1 Å². The van der Waals surface area contributed by atoms with E-state index in [4.69, 9.17) is 4.74 Å². The Morgan fingerprint density at radius 1 is 1.04 bits per heavy atom. The topological polar surface area (TPSA) is 122 Å². The van der Waals surface area contributed by atoms with Crippen molar-refractivity contribution in [1.29, 1.82) is 0 Å². The molecule has 0 unspecified atom stereocenters. The van der Waals surface area contributed by atoms with Crippen LogP contribution in [0.5, 0.6) is 0 Å². The Morgan fingerprint density at radius 3 is 2.42 bits per heavy atom. The first-order valence-electron chi connectivity index (χ1n) is 8.12. The second-order valence-corrected chi connectivity index (χ2v) is 6.55. The fraction of sp³-hybridized carbons (Fsp3) is 0.750. The smallest absolute Gasteiger partial charge is 0.307 e. The first-order chi connectivity index (χ1) is 11.3. The zero-order chi connectivity index (χ0) is 18.2. The molecule has 0 aromatic heterocycles. The molecule has 1 aliphatic heterocycles. The number of hydrogen-bond donors (Lipinski definition) is 3. The van der Waals surface area contributed by atoms with Crippen molar-refractivity contribution in [3.63, 3.8) is 0 Å².